The fraction of sp³-hybridized carbons (Fsp3) is 0.133. The van der Waals surface area contributed by atoms with E-state index in [1.807, 2.05) is 36.4 Å². The van der Waals surface area contributed by atoms with Gasteiger partial charge >= 0.3 is 0 Å². The number of nitrogens with zero attached hydrogens (tertiary/aromatic N) is 2. The van der Waals surface area contributed by atoms with Crippen LogP contribution in [0.3, 0.4) is 0 Å². The summed E-state index contributed by atoms with van der Waals surface area (Å²) >= 11 is 0. The molecule has 1 aliphatic heterocycles. The van der Waals surface area contributed by atoms with Gasteiger partial charge in [0.15, 0.2) is 0 Å². The van der Waals surface area contributed by atoms with Crippen LogP contribution in [0.4, 0.5) is 5.69 Å². The lowest BCUT2D eigenvalue weighted by atomic mass is 10.0. The molecule has 4 heteroatoms. The zero-order valence-corrected chi connectivity index (χ0v) is 10.3. The number of pyridine rings is 1. The molecule has 1 aromatic heterocycles. The van der Waals surface area contributed by atoms with Gasteiger partial charge < -0.3 is 0 Å². The molecule has 0 aliphatic carbocycles. The van der Waals surface area contributed by atoms with Crippen molar-refractivity contribution in [1.82, 2.24) is 10.3 Å². The second-order valence-corrected chi connectivity index (χ2v) is 4.81. The molecular weight excluding hydrogens is 238 g/mol. The Morgan fingerprint density at radius 3 is 2.95 bits per heavy atom. The van der Waals surface area contributed by atoms with Crippen LogP contribution in [0.5, 0.6) is 0 Å². The Kier molecular flexibility index (Phi) is 2.21. The summed E-state index contributed by atoms with van der Waals surface area (Å²) in [6.07, 6.45) is 0. The molecule has 2 N–H and O–H groups in total. The van der Waals surface area contributed by atoms with Crippen LogP contribution in [0.1, 0.15) is 5.56 Å². The number of anilines is 1. The number of hydrogen-bond acceptors (Lipinski definition) is 4. The predicted octanol–water partition coefficient (Wildman–Crippen LogP) is 2.64. The van der Waals surface area contributed by atoms with Crippen molar-refractivity contribution in [2.24, 2.45) is 0 Å². The summed E-state index contributed by atoms with van der Waals surface area (Å²) in [5.41, 5.74) is 3.86. The molecule has 0 unspecified atom stereocenters. The fourth-order valence-corrected chi connectivity index (χ4v) is 2.70. The first-order valence-electron chi connectivity index (χ1n) is 6.31. The van der Waals surface area contributed by atoms with Gasteiger partial charge in [0.2, 0.25) is 0 Å². The molecule has 0 spiro atoms. The van der Waals surface area contributed by atoms with Crippen LogP contribution < -0.4 is 10.4 Å². The standard InChI is InChI=1S/C15H13N3O/c19-18-9-16-8-11-5-6-14-12(15(11)18)7-10-3-1-2-4-13(10)17-14/h1-7,16,19H,8-9H2. The average molecular weight is 251 g/mol. The molecule has 3 aromatic rings. The van der Waals surface area contributed by atoms with Crippen LogP contribution >= 0.6 is 0 Å². The van der Waals surface area contributed by atoms with E-state index >= 15 is 0 Å². The Labute approximate surface area is 110 Å². The van der Waals surface area contributed by atoms with Crippen LogP contribution in [0, 0.1) is 0 Å². The number of benzene rings is 2. The number of nitrogens with one attached hydrogen (secondary N) is 1. The van der Waals surface area contributed by atoms with Crippen LogP contribution in [-0.2, 0) is 6.54 Å². The Balaban J connectivity index is 2.12. The summed E-state index contributed by atoms with van der Waals surface area (Å²) in [4.78, 5) is 4.66. The van der Waals surface area contributed by atoms with Crippen molar-refractivity contribution >= 4 is 27.5 Å². The summed E-state index contributed by atoms with van der Waals surface area (Å²) in [6, 6.07) is 14.2. The monoisotopic (exact) mass is 251 g/mol. The molecule has 4 rings (SSSR count). The molecule has 0 saturated carbocycles. The second-order valence-electron chi connectivity index (χ2n) is 4.81. The van der Waals surface area contributed by atoms with Gasteiger partial charge in [0, 0.05) is 17.3 Å². The van der Waals surface area contributed by atoms with Gasteiger partial charge in [0.05, 0.1) is 23.4 Å². The quantitative estimate of drug-likeness (QED) is 0.603. The molecular formula is C15H13N3O. The molecule has 19 heavy (non-hydrogen) atoms. The lowest BCUT2D eigenvalue weighted by molar-refractivity contribution is 0.237. The lowest BCUT2D eigenvalue weighted by Crippen LogP contribution is -2.36. The highest BCUT2D eigenvalue weighted by Crippen LogP contribution is 2.32. The minimum atomic E-state index is 0.443. The molecule has 2 heterocycles. The molecule has 0 atom stereocenters. The van der Waals surface area contributed by atoms with Gasteiger partial charge in [-0.05, 0) is 23.8 Å². The highest BCUT2D eigenvalue weighted by molar-refractivity contribution is 6.00. The summed E-state index contributed by atoms with van der Waals surface area (Å²) < 4.78 is 0. The number of fused-ring (bicyclic) bond motifs is 4. The molecule has 2 aromatic carbocycles. The van der Waals surface area contributed by atoms with E-state index in [0.717, 1.165) is 39.6 Å². The van der Waals surface area contributed by atoms with Crippen LogP contribution in [0.15, 0.2) is 42.5 Å². The zero-order valence-electron chi connectivity index (χ0n) is 10.3. The molecule has 0 amide bonds. The van der Waals surface area contributed by atoms with Gasteiger partial charge in [-0.1, -0.05) is 24.3 Å². The van der Waals surface area contributed by atoms with E-state index in [9.17, 15) is 5.21 Å². The lowest BCUT2D eigenvalue weighted by Gasteiger charge is -2.27. The number of hydrogen-bond donors (Lipinski definition) is 2. The van der Waals surface area contributed by atoms with Crippen molar-refractivity contribution in [3.8, 4) is 0 Å². The minimum Gasteiger partial charge on any atom is -0.294 e. The first-order chi connectivity index (χ1) is 9.33. The summed E-state index contributed by atoms with van der Waals surface area (Å²) in [6.45, 7) is 1.22. The van der Waals surface area contributed by atoms with E-state index in [4.69, 9.17) is 0 Å². The molecule has 0 saturated heterocycles. The third-order valence-corrected chi connectivity index (χ3v) is 3.59. The van der Waals surface area contributed by atoms with Gasteiger partial charge in [-0.3, -0.25) is 10.5 Å². The third-order valence-electron chi connectivity index (χ3n) is 3.59. The molecule has 4 nitrogen and oxygen atoms in total. The molecule has 0 radical (unpaired) electrons. The SMILES string of the molecule is ON1CNCc2ccc3nc4ccccc4cc3c21. The van der Waals surface area contributed by atoms with Gasteiger partial charge in [-0.2, -0.15) is 0 Å². The first-order valence-corrected chi connectivity index (χ1v) is 6.31. The topological polar surface area (TPSA) is 48.4 Å². The van der Waals surface area contributed by atoms with E-state index in [1.165, 1.54) is 5.06 Å². The maximum absolute atomic E-state index is 10.1. The van der Waals surface area contributed by atoms with Gasteiger partial charge in [-0.25, -0.2) is 10.0 Å². The van der Waals surface area contributed by atoms with Crippen LogP contribution in [0.2, 0.25) is 0 Å². The predicted molar refractivity (Wildman–Crippen MR) is 75.2 cm³/mol. The molecule has 0 bridgehead atoms. The maximum atomic E-state index is 10.1. The largest absolute Gasteiger partial charge is 0.294 e. The van der Waals surface area contributed by atoms with E-state index in [-0.39, 0.29) is 0 Å². The fourth-order valence-electron chi connectivity index (χ4n) is 2.70. The summed E-state index contributed by atoms with van der Waals surface area (Å²) in [5, 5.41) is 16.6. The maximum Gasteiger partial charge on any atom is 0.0951 e. The average Bonchev–Trinajstić information content (AvgIpc) is 2.45. The highest BCUT2D eigenvalue weighted by Gasteiger charge is 2.18. The summed E-state index contributed by atoms with van der Waals surface area (Å²) in [5.74, 6) is 0. The number of hydroxylamine groups is 1. The molecule has 1 aliphatic rings. The Hall–Kier alpha value is -2.17. The Morgan fingerprint density at radius 2 is 2.00 bits per heavy atom. The first kappa shape index (κ1) is 10.7. The van der Waals surface area contributed by atoms with Crippen molar-refractivity contribution in [2.45, 2.75) is 6.54 Å². The van der Waals surface area contributed by atoms with Crippen LogP contribution in [-0.4, -0.2) is 16.9 Å². The normalized spacial score (nSPS) is 14.9. The third kappa shape index (κ3) is 1.58. The Morgan fingerprint density at radius 1 is 1.11 bits per heavy atom. The van der Waals surface area contributed by atoms with E-state index in [1.54, 1.807) is 0 Å². The zero-order chi connectivity index (χ0) is 12.8. The van der Waals surface area contributed by atoms with Gasteiger partial charge in [0.25, 0.3) is 0 Å². The van der Waals surface area contributed by atoms with Crippen molar-refractivity contribution in [2.75, 3.05) is 11.7 Å². The Bertz CT molecular complexity index is 785. The molecule has 94 valence electrons. The van der Waals surface area contributed by atoms with E-state index in [0.29, 0.717) is 6.67 Å². The summed E-state index contributed by atoms with van der Waals surface area (Å²) in [7, 11) is 0. The van der Waals surface area contributed by atoms with E-state index in [2.05, 4.69) is 16.4 Å². The molecule has 0 fully saturated rings. The van der Waals surface area contributed by atoms with Gasteiger partial charge in [-0.15, -0.1) is 0 Å². The van der Waals surface area contributed by atoms with Crippen molar-refractivity contribution in [3.63, 3.8) is 0 Å². The second kappa shape index (κ2) is 3.91. The van der Waals surface area contributed by atoms with Crippen LogP contribution in [0.25, 0.3) is 21.8 Å². The minimum absolute atomic E-state index is 0.443. The van der Waals surface area contributed by atoms with Gasteiger partial charge in [0.1, 0.15) is 0 Å². The van der Waals surface area contributed by atoms with E-state index < -0.39 is 0 Å². The van der Waals surface area contributed by atoms with Crippen molar-refractivity contribution < 1.29 is 5.21 Å². The number of para-hydroxylation sites is 1. The smallest absolute Gasteiger partial charge is 0.0951 e. The number of aromatic nitrogens is 1. The van der Waals surface area contributed by atoms with Crippen molar-refractivity contribution in [1.29, 1.82) is 0 Å². The van der Waals surface area contributed by atoms with Crippen molar-refractivity contribution in [3.05, 3.63) is 48.0 Å². The highest BCUT2D eigenvalue weighted by atomic mass is 16.5. The number of rotatable bonds is 0.